The highest BCUT2D eigenvalue weighted by molar-refractivity contribution is 5.96. The minimum atomic E-state index is -0.982. The first-order chi connectivity index (χ1) is 14.4. The summed E-state index contributed by atoms with van der Waals surface area (Å²) in [6.07, 6.45) is 0.127. The average Bonchev–Trinajstić information content (AvgIpc) is 2.71. The Bertz CT molecular complexity index is 809. The summed E-state index contributed by atoms with van der Waals surface area (Å²) in [7, 11) is 1.34. The van der Waals surface area contributed by atoms with Crippen LogP contribution in [0, 0.1) is 17.3 Å². The largest absolute Gasteiger partial charge is 0.481 e. The number of ether oxygens (including phenoxy) is 1. The van der Waals surface area contributed by atoms with Crippen LogP contribution in [0.2, 0.25) is 0 Å². The third-order valence-electron chi connectivity index (χ3n) is 5.92. The number of para-hydroxylation sites is 1. The van der Waals surface area contributed by atoms with E-state index in [1.807, 2.05) is 38.1 Å². The summed E-state index contributed by atoms with van der Waals surface area (Å²) >= 11 is 0. The molecule has 0 fully saturated rings. The first-order valence-corrected chi connectivity index (χ1v) is 10.6. The fourth-order valence-electron chi connectivity index (χ4n) is 4.15. The molecule has 1 aliphatic heterocycles. The summed E-state index contributed by atoms with van der Waals surface area (Å²) in [5, 5.41) is 19.3. The van der Waals surface area contributed by atoms with E-state index in [1.165, 1.54) is 14.0 Å². The molecule has 0 radical (unpaired) electrons. The normalized spacial score (nSPS) is 19.2. The fourth-order valence-corrected chi connectivity index (χ4v) is 4.15. The first kappa shape index (κ1) is 24.8. The summed E-state index contributed by atoms with van der Waals surface area (Å²) in [5.74, 6) is -2.58. The van der Waals surface area contributed by atoms with E-state index in [1.54, 1.807) is 4.90 Å². The number of aliphatic carboxylic acids is 1. The zero-order valence-electron chi connectivity index (χ0n) is 18.7. The second kappa shape index (κ2) is 10.2. The van der Waals surface area contributed by atoms with Gasteiger partial charge in [-0.1, -0.05) is 39.0 Å². The van der Waals surface area contributed by atoms with Crippen LogP contribution in [0.25, 0.3) is 0 Å². The number of nitrogens with zero attached hydrogens (tertiary/aromatic N) is 1. The van der Waals surface area contributed by atoms with Gasteiger partial charge in [0.1, 0.15) is 0 Å². The molecular weight excluding hydrogens is 400 g/mol. The zero-order chi connectivity index (χ0) is 23.3. The number of amides is 1. The van der Waals surface area contributed by atoms with Gasteiger partial charge in [-0.15, -0.1) is 0 Å². The lowest BCUT2D eigenvalue weighted by atomic mass is 9.79. The van der Waals surface area contributed by atoms with Crippen molar-refractivity contribution in [3.05, 3.63) is 29.8 Å². The van der Waals surface area contributed by atoms with Crippen molar-refractivity contribution >= 4 is 23.5 Å². The number of carboxylic acid groups (broad SMARTS) is 1. The predicted octanol–water partition coefficient (Wildman–Crippen LogP) is 1.97. The van der Waals surface area contributed by atoms with Gasteiger partial charge in [0.25, 0.3) is 0 Å². The molecule has 1 aromatic carbocycles. The lowest BCUT2D eigenvalue weighted by molar-refractivity contribution is -0.145. The van der Waals surface area contributed by atoms with E-state index in [2.05, 4.69) is 0 Å². The Morgan fingerprint density at radius 3 is 2.55 bits per heavy atom. The van der Waals surface area contributed by atoms with Gasteiger partial charge in [-0.05, 0) is 36.3 Å². The van der Waals surface area contributed by atoms with Crippen molar-refractivity contribution < 1.29 is 29.3 Å². The van der Waals surface area contributed by atoms with E-state index >= 15 is 0 Å². The Hall–Kier alpha value is -2.45. The third kappa shape index (κ3) is 6.51. The van der Waals surface area contributed by atoms with Crippen molar-refractivity contribution in [1.29, 1.82) is 0 Å². The lowest BCUT2D eigenvalue weighted by Crippen LogP contribution is -2.45. The molecule has 1 aliphatic rings. The summed E-state index contributed by atoms with van der Waals surface area (Å²) in [6.45, 7) is 5.57. The van der Waals surface area contributed by atoms with Crippen LogP contribution in [0.5, 0.6) is 0 Å². The maximum atomic E-state index is 13.2. The molecule has 0 saturated heterocycles. The lowest BCUT2D eigenvalue weighted by Gasteiger charge is -2.36. The number of anilines is 1. The molecule has 0 bridgehead atoms. The number of methoxy groups -OCH3 is 1. The molecule has 8 heteroatoms. The van der Waals surface area contributed by atoms with Gasteiger partial charge in [0.2, 0.25) is 5.91 Å². The number of aliphatic hydroxyl groups excluding tert-OH is 1. The first-order valence-electron chi connectivity index (χ1n) is 10.6. The van der Waals surface area contributed by atoms with E-state index < -0.39 is 35.4 Å². The molecule has 0 unspecified atom stereocenters. The Morgan fingerprint density at radius 2 is 1.94 bits per heavy atom. The maximum absolute atomic E-state index is 13.2. The number of aliphatic hydroxyl groups is 1. The molecular formula is C23H34N2O6. The number of rotatable bonds is 9. The van der Waals surface area contributed by atoms with Crippen LogP contribution in [0.3, 0.4) is 0 Å². The number of carboxylic acids is 1. The molecule has 0 aliphatic carbocycles. The van der Waals surface area contributed by atoms with Gasteiger partial charge in [0, 0.05) is 24.7 Å². The molecule has 8 nitrogen and oxygen atoms in total. The number of carbonyl (C=O) groups is 3. The summed E-state index contributed by atoms with van der Waals surface area (Å²) in [4.78, 5) is 38.0. The average molecular weight is 435 g/mol. The smallest absolute Gasteiger partial charge is 0.310 e. The summed E-state index contributed by atoms with van der Waals surface area (Å²) in [6, 6.07) is 6.87. The Balaban J connectivity index is 2.09. The topological polar surface area (TPSA) is 130 Å². The Labute approximate surface area is 183 Å². The van der Waals surface area contributed by atoms with Crippen LogP contribution in [0.4, 0.5) is 5.69 Å². The van der Waals surface area contributed by atoms with E-state index in [0.717, 1.165) is 11.3 Å². The SMILES string of the molecule is COC(=O)[C@@H]1Cc2ccccc2N(C(=O)CC(C)(C)C[C@H](N)[C@@H](O)C[C@@H](C)C(=O)O)C1. The van der Waals surface area contributed by atoms with Crippen molar-refractivity contribution in [3.63, 3.8) is 0 Å². The molecule has 1 amide bonds. The Morgan fingerprint density at radius 1 is 1.29 bits per heavy atom. The number of benzene rings is 1. The van der Waals surface area contributed by atoms with Crippen LogP contribution in [0.15, 0.2) is 24.3 Å². The fraction of sp³-hybridized carbons (Fsp3) is 0.609. The van der Waals surface area contributed by atoms with Crippen LogP contribution in [-0.2, 0) is 25.5 Å². The summed E-state index contributed by atoms with van der Waals surface area (Å²) < 4.78 is 4.90. The highest BCUT2D eigenvalue weighted by Crippen LogP contribution is 2.34. The highest BCUT2D eigenvalue weighted by Gasteiger charge is 2.36. The monoisotopic (exact) mass is 434 g/mol. The van der Waals surface area contributed by atoms with Crippen molar-refractivity contribution in [2.24, 2.45) is 23.0 Å². The standard InChI is InChI=1S/C23H34N2O6/c1-14(21(28)29)9-19(26)17(24)11-23(2,3)12-20(27)25-13-16(22(30)31-4)10-15-7-5-6-8-18(15)25/h5-8,14,16-17,19,26H,9-13,24H2,1-4H3,(H,28,29)/t14-,16-,17+,19+/m1/s1. The molecule has 0 saturated carbocycles. The molecule has 0 spiro atoms. The van der Waals surface area contributed by atoms with Gasteiger partial charge in [-0.3, -0.25) is 14.4 Å². The number of hydrogen-bond acceptors (Lipinski definition) is 6. The molecule has 1 aromatic rings. The summed E-state index contributed by atoms with van der Waals surface area (Å²) in [5.41, 5.74) is 7.32. The van der Waals surface area contributed by atoms with Crippen molar-refractivity contribution in [1.82, 2.24) is 0 Å². The minimum absolute atomic E-state index is 0.0564. The quantitative estimate of drug-likeness (QED) is 0.507. The van der Waals surface area contributed by atoms with Crippen LogP contribution in [0.1, 0.15) is 45.6 Å². The van der Waals surface area contributed by atoms with Crippen molar-refractivity contribution in [2.75, 3.05) is 18.6 Å². The number of esters is 1. The molecule has 2 rings (SSSR count). The molecule has 31 heavy (non-hydrogen) atoms. The highest BCUT2D eigenvalue weighted by atomic mass is 16.5. The predicted molar refractivity (Wildman–Crippen MR) is 116 cm³/mol. The van der Waals surface area contributed by atoms with Gasteiger partial charge in [-0.2, -0.15) is 0 Å². The van der Waals surface area contributed by atoms with Gasteiger partial charge >= 0.3 is 11.9 Å². The van der Waals surface area contributed by atoms with Crippen molar-refractivity contribution in [3.8, 4) is 0 Å². The molecule has 4 N–H and O–H groups in total. The number of fused-ring (bicyclic) bond motifs is 1. The second-order valence-corrected chi connectivity index (χ2v) is 9.31. The molecule has 4 atom stereocenters. The van der Waals surface area contributed by atoms with Gasteiger partial charge < -0.3 is 25.6 Å². The van der Waals surface area contributed by atoms with E-state index in [9.17, 15) is 19.5 Å². The number of carbonyl (C=O) groups excluding carboxylic acids is 2. The van der Waals surface area contributed by atoms with E-state index in [-0.39, 0.29) is 31.3 Å². The van der Waals surface area contributed by atoms with Gasteiger partial charge in [0.15, 0.2) is 0 Å². The molecule has 0 aromatic heterocycles. The molecule has 172 valence electrons. The zero-order valence-corrected chi connectivity index (χ0v) is 18.7. The van der Waals surface area contributed by atoms with Crippen molar-refractivity contribution in [2.45, 2.75) is 58.6 Å². The van der Waals surface area contributed by atoms with Crippen LogP contribution >= 0.6 is 0 Å². The Kier molecular flexibility index (Phi) is 8.20. The second-order valence-electron chi connectivity index (χ2n) is 9.31. The van der Waals surface area contributed by atoms with Crippen LogP contribution < -0.4 is 10.6 Å². The minimum Gasteiger partial charge on any atom is -0.481 e. The number of nitrogens with two attached hydrogens (primary N) is 1. The van der Waals surface area contributed by atoms with Gasteiger partial charge in [0.05, 0.1) is 25.0 Å². The molecule has 1 heterocycles. The van der Waals surface area contributed by atoms with E-state index in [0.29, 0.717) is 12.8 Å². The number of hydrogen-bond donors (Lipinski definition) is 3. The van der Waals surface area contributed by atoms with Crippen LogP contribution in [-0.4, -0.2) is 53.9 Å². The third-order valence-corrected chi connectivity index (χ3v) is 5.92. The van der Waals surface area contributed by atoms with Gasteiger partial charge in [-0.25, -0.2) is 0 Å². The maximum Gasteiger partial charge on any atom is 0.310 e. The van der Waals surface area contributed by atoms with E-state index in [4.69, 9.17) is 15.6 Å².